The smallest absolute Gasteiger partial charge is 0.419 e. The van der Waals surface area contributed by atoms with E-state index in [2.05, 4.69) is 0 Å². The van der Waals surface area contributed by atoms with Crippen molar-refractivity contribution in [2.45, 2.75) is 0 Å². The molecule has 7 nitrogen and oxygen atoms in total. The maximum atomic E-state index is 12.8. The maximum Gasteiger partial charge on any atom is 0.419 e. The van der Waals surface area contributed by atoms with Gasteiger partial charge in [0.25, 0.3) is 0 Å². The summed E-state index contributed by atoms with van der Waals surface area (Å²) in [6, 6.07) is 22.8. The number of benzene rings is 3. The first-order valence-electron chi connectivity index (χ1n) is 7.89. The van der Waals surface area contributed by atoms with Crippen LogP contribution in [0.2, 0.25) is 0 Å². The number of hydrogen-bond donors (Lipinski definition) is 0. The molecule has 28 heavy (non-hydrogen) atoms. The number of para-hydroxylation sites is 3. The standard InChI is InChI=1S/C18H15O7PS2/c19-27(20,24-17-12-6-2-7-13-17)26(23-16-10-4-1-5-11-16)28(21,22)25-18-14-8-3-9-15-18/h1-15H. The summed E-state index contributed by atoms with van der Waals surface area (Å²) in [5, 5.41) is 0. The fourth-order valence-electron chi connectivity index (χ4n) is 2.03. The van der Waals surface area contributed by atoms with Gasteiger partial charge in [0.2, 0.25) is 0 Å². The van der Waals surface area contributed by atoms with Gasteiger partial charge in [-0.2, -0.15) is 16.8 Å². The van der Waals surface area contributed by atoms with Crippen LogP contribution in [0.15, 0.2) is 91.0 Å². The van der Waals surface area contributed by atoms with Gasteiger partial charge in [-0.25, -0.2) is 0 Å². The highest BCUT2D eigenvalue weighted by Gasteiger charge is 2.46. The zero-order valence-corrected chi connectivity index (χ0v) is 16.8. The van der Waals surface area contributed by atoms with Crippen molar-refractivity contribution >= 4 is 26.0 Å². The Hall–Kier alpha value is -2.61. The minimum atomic E-state index is -4.72. The zero-order chi connectivity index (χ0) is 20.0. The van der Waals surface area contributed by atoms with Gasteiger partial charge < -0.3 is 12.9 Å². The first-order valence-corrected chi connectivity index (χ1v) is 13.2. The molecule has 0 spiro atoms. The van der Waals surface area contributed by atoms with Gasteiger partial charge in [-0.05, 0) is 36.4 Å². The van der Waals surface area contributed by atoms with Crippen molar-refractivity contribution in [2.75, 3.05) is 0 Å². The molecule has 0 fully saturated rings. The van der Waals surface area contributed by atoms with Crippen molar-refractivity contribution in [3.63, 3.8) is 0 Å². The molecule has 0 heterocycles. The summed E-state index contributed by atoms with van der Waals surface area (Å²) in [6.45, 7) is -3.27. The Labute approximate surface area is 164 Å². The lowest BCUT2D eigenvalue weighted by Gasteiger charge is -2.18. The van der Waals surface area contributed by atoms with Crippen molar-refractivity contribution in [2.24, 2.45) is 0 Å². The number of hydrogen-bond acceptors (Lipinski definition) is 7. The van der Waals surface area contributed by atoms with Crippen LogP contribution >= 0.6 is 6.55 Å². The first-order chi connectivity index (χ1) is 13.4. The SMILES string of the molecule is O=S(=O)(Oc1ccccc1)P(Oc1ccccc1)S(=O)(=O)Oc1ccccc1. The highest BCUT2D eigenvalue weighted by Crippen LogP contribution is 2.52. The summed E-state index contributed by atoms with van der Waals surface area (Å²) in [7, 11) is -9.44. The van der Waals surface area contributed by atoms with Crippen molar-refractivity contribution in [1.82, 2.24) is 0 Å². The van der Waals surface area contributed by atoms with Crippen LogP contribution in [0.3, 0.4) is 0 Å². The molecule has 0 bridgehead atoms. The molecule has 0 aromatic heterocycles. The first kappa shape index (κ1) is 20.1. The van der Waals surface area contributed by atoms with E-state index in [1.165, 1.54) is 36.4 Å². The van der Waals surface area contributed by atoms with Crippen LogP contribution in [0, 0.1) is 0 Å². The molecule has 0 aliphatic rings. The Kier molecular flexibility index (Phi) is 6.18. The monoisotopic (exact) mass is 438 g/mol. The van der Waals surface area contributed by atoms with Crippen LogP contribution in [0.4, 0.5) is 0 Å². The second-order valence-corrected chi connectivity index (χ2v) is 13.3. The Balaban J connectivity index is 1.96. The second kappa shape index (κ2) is 8.60. The average Bonchev–Trinajstić information content (AvgIpc) is 2.67. The Morgan fingerprint density at radius 2 is 0.821 bits per heavy atom. The van der Waals surface area contributed by atoms with Gasteiger partial charge in [0.1, 0.15) is 17.2 Å². The summed E-state index contributed by atoms with van der Waals surface area (Å²) >= 11 is 0. The number of rotatable bonds is 8. The third kappa shape index (κ3) is 5.22. The van der Waals surface area contributed by atoms with Crippen molar-refractivity contribution in [3.05, 3.63) is 91.0 Å². The molecule has 0 radical (unpaired) electrons. The van der Waals surface area contributed by atoms with Crippen LogP contribution < -0.4 is 12.9 Å². The summed E-state index contributed by atoms with van der Waals surface area (Å²) in [5.41, 5.74) is 0. The molecule has 3 aromatic rings. The molecule has 0 saturated carbocycles. The molecule has 3 rings (SSSR count). The molecule has 0 saturated heterocycles. The molecule has 10 heteroatoms. The van der Waals surface area contributed by atoms with E-state index in [0.29, 0.717) is 0 Å². The van der Waals surface area contributed by atoms with E-state index in [1.54, 1.807) is 54.6 Å². The summed E-state index contributed by atoms with van der Waals surface area (Å²) in [5.74, 6) is -0.0303. The van der Waals surface area contributed by atoms with Gasteiger partial charge in [-0.15, -0.1) is 0 Å². The van der Waals surface area contributed by atoms with Gasteiger partial charge >= 0.3 is 26.0 Å². The largest absolute Gasteiger partial charge is 0.441 e. The van der Waals surface area contributed by atoms with Crippen LogP contribution in [0.25, 0.3) is 0 Å². The van der Waals surface area contributed by atoms with Crippen molar-refractivity contribution in [3.8, 4) is 17.2 Å². The normalized spacial score (nSPS) is 11.8. The third-order valence-corrected chi connectivity index (χ3v) is 11.4. The minimum absolute atomic E-state index is 0.0402. The van der Waals surface area contributed by atoms with Crippen LogP contribution in [-0.2, 0) is 19.5 Å². The van der Waals surface area contributed by atoms with Crippen LogP contribution in [-0.4, -0.2) is 16.8 Å². The van der Waals surface area contributed by atoms with Crippen molar-refractivity contribution in [1.29, 1.82) is 0 Å². The van der Waals surface area contributed by atoms with E-state index in [0.717, 1.165) is 0 Å². The molecule has 0 aliphatic heterocycles. The lowest BCUT2D eigenvalue weighted by atomic mass is 10.3. The molecule has 146 valence electrons. The maximum absolute atomic E-state index is 12.8. The predicted octanol–water partition coefficient (Wildman–Crippen LogP) is 4.11. The van der Waals surface area contributed by atoms with Gasteiger partial charge in [-0.1, -0.05) is 54.6 Å². The lowest BCUT2D eigenvalue weighted by Crippen LogP contribution is -2.19. The van der Waals surface area contributed by atoms with E-state index >= 15 is 0 Å². The quantitative estimate of drug-likeness (QED) is 0.488. The molecule has 0 aliphatic carbocycles. The molecule has 0 N–H and O–H groups in total. The molecule has 0 atom stereocenters. The van der Waals surface area contributed by atoms with Crippen LogP contribution in [0.1, 0.15) is 0 Å². The predicted molar refractivity (Wildman–Crippen MR) is 106 cm³/mol. The summed E-state index contributed by atoms with van der Waals surface area (Å²) in [6.07, 6.45) is 0. The Morgan fingerprint density at radius 3 is 1.18 bits per heavy atom. The van der Waals surface area contributed by atoms with E-state index < -0.39 is 26.0 Å². The highest BCUT2D eigenvalue weighted by atomic mass is 33.1. The fraction of sp³-hybridized carbons (Fsp3) is 0. The molecular weight excluding hydrogens is 423 g/mol. The molecule has 0 amide bonds. The fourth-order valence-corrected chi connectivity index (χ4v) is 8.73. The van der Waals surface area contributed by atoms with Crippen LogP contribution in [0.5, 0.6) is 17.2 Å². The van der Waals surface area contributed by atoms with Crippen molar-refractivity contribution < 1.29 is 29.7 Å². The highest BCUT2D eigenvalue weighted by molar-refractivity contribution is 8.78. The second-order valence-electron chi connectivity index (χ2n) is 5.28. The Morgan fingerprint density at radius 1 is 0.500 bits per heavy atom. The lowest BCUT2D eigenvalue weighted by molar-refractivity contribution is 0.488. The Bertz CT molecular complexity index is 1030. The molecular formula is C18H15O7PS2. The van der Waals surface area contributed by atoms with E-state index in [9.17, 15) is 16.8 Å². The minimum Gasteiger partial charge on any atom is -0.441 e. The summed E-state index contributed by atoms with van der Waals surface area (Å²) in [4.78, 5) is 0. The van der Waals surface area contributed by atoms with E-state index in [4.69, 9.17) is 12.9 Å². The average molecular weight is 438 g/mol. The zero-order valence-electron chi connectivity index (χ0n) is 14.3. The van der Waals surface area contributed by atoms with Gasteiger partial charge in [0.15, 0.2) is 0 Å². The molecule has 3 aromatic carbocycles. The topological polar surface area (TPSA) is 96.0 Å². The van der Waals surface area contributed by atoms with E-state index in [-0.39, 0.29) is 17.2 Å². The van der Waals surface area contributed by atoms with Gasteiger partial charge in [0.05, 0.1) is 0 Å². The third-order valence-electron chi connectivity index (χ3n) is 3.18. The van der Waals surface area contributed by atoms with Gasteiger partial charge in [-0.3, -0.25) is 0 Å². The van der Waals surface area contributed by atoms with Gasteiger partial charge in [0, 0.05) is 0 Å². The molecule has 0 unspecified atom stereocenters. The summed E-state index contributed by atoms with van der Waals surface area (Å²) < 4.78 is 66.3. The van der Waals surface area contributed by atoms with E-state index in [1.807, 2.05) is 0 Å².